The first-order chi connectivity index (χ1) is 5.35. The molecular weight excluding hydrogens is 152 g/mol. The van der Waals surface area contributed by atoms with Crippen molar-refractivity contribution in [2.45, 2.75) is 46.5 Å². The van der Waals surface area contributed by atoms with Gasteiger partial charge in [0, 0.05) is 0 Å². The van der Waals surface area contributed by atoms with Crippen LogP contribution in [0.15, 0.2) is 0 Å². The molecule has 0 heterocycles. The topological polar surface area (TPSA) is 0 Å². The van der Waals surface area contributed by atoms with Crippen LogP contribution in [0, 0.1) is 5.92 Å². The summed E-state index contributed by atoms with van der Waals surface area (Å²) in [5.74, 6) is 3.71. The quantitative estimate of drug-likeness (QED) is 0.527. The largest absolute Gasteiger partial charge is 0.162 e. The zero-order valence-corrected chi connectivity index (χ0v) is 9.04. The third-order valence-corrected chi connectivity index (χ3v) is 3.39. The van der Waals surface area contributed by atoms with E-state index in [1.807, 2.05) is 0 Å². The van der Waals surface area contributed by atoms with Crippen molar-refractivity contribution in [1.29, 1.82) is 0 Å². The minimum absolute atomic E-state index is 0.986. The van der Waals surface area contributed by atoms with Crippen molar-refractivity contribution in [3.63, 3.8) is 0 Å². The fraction of sp³-hybridized carbons (Fsp3) is 1.00. The van der Waals surface area contributed by atoms with Crippen LogP contribution in [-0.4, -0.2) is 11.5 Å². The summed E-state index contributed by atoms with van der Waals surface area (Å²) in [6, 6.07) is 0. The highest BCUT2D eigenvalue weighted by Crippen LogP contribution is 2.16. The van der Waals surface area contributed by atoms with Gasteiger partial charge in [0.2, 0.25) is 0 Å². The van der Waals surface area contributed by atoms with E-state index >= 15 is 0 Å². The Balaban J connectivity index is 3.07. The van der Waals surface area contributed by atoms with Crippen LogP contribution in [0.1, 0.15) is 46.5 Å². The zero-order valence-electron chi connectivity index (χ0n) is 8.23. The molecule has 0 rings (SSSR count). The van der Waals surface area contributed by atoms with Gasteiger partial charge in [0.25, 0.3) is 0 Å². The number of hydrogen-bond donors (Lipinski definition) is 0. The smallest absolute Gasteiger partial charge is 0.00649 e. The molecule has 0 aliphatic heterocycles. The Morgan fingerprint density at radius 1 is 1.00 bits per heavy atom. The Hall–Kier alpha value is 0.350. The minimum atomic E-state index is 0.986. The van der Waals surface area contributed by atoms with Gasteiger partial charge in [-0.1, -0.05) is 33.6 Å². The molecule has 0 radical (unpaired) electrons. The Morgan fingerprint density at radius 3 is 2.09 bits per heavy atom. The second-order valence-electron chi connectivity index (χ2n) is 3.08. The van der Waals surface area contributed by atoms with E-state index in [0.29, 0.717) is 0 Å². The number of thioether (sulfide) groups is 1. The molecule has 0 N–H and O–H groups in total. The Kier molecular flexibility index (Phi) is 8.72. The standard InChI is InChI=1S/C10H22S/c1-4-8-11-9-7-10(5-2)6-3/h10H,4-9H2,1-3H3. The molecule has 0 fully saturated rings. The second kappa shape index (κ2) is 8.45. The van der Waals surface area contributed by atoms with Gasteiger partial charge in [0.05, 0.1) is 0 Å². The number of rotatable bonds is 7. The molecule has 0 aromatic carbocycles. The van der Waals surface area contributed by atoms with Crippen LogP contribution in [0.5, 0.6) is 0 Å². The van der Waals surface area contributed by atoms with Gasteiger partial charge in [-0.15, -0.1) is 0 Å². The second-order valence-corrected chi connectivity index (χ2v) is 4.31. The fourth-order valence-electron chi connectivity index (χ4n) is 1.19. The lowest BCUT2D eigenvalue weighted by Gasteiger charge is -2.10. The summed E-state index contributed by atoms with van der Waals surface area (Å²) in [7, 11) is 0. The summed E-state index contributed by atoms with van der Waals surface area (Å²) in [5, 5.41) is 0. The third-order valence-electron chi connectivity index (χ3n) is 2.17. The van der Waals surface area contributed by atoms with Gasteiger partial charge in [-0.3, -0.25) is 0 Å². The molecule has 0 aliphatic carbocycles. The molecule has 0 aromatic heterocycles. The van der Waals surface area contributed by atoms with E-state index in [-0.39, 0.29) is 0 Å². The van der Waals surface area contributed by atoms with Crippen molar-refractivity contribution in [3.8, 4) is 0 Å². The Labute approximate surface area is 76.1 Å². The highest BCUT2D eigenvalue weighted by molar-refractivity contribution is 7.99. The van der Waals surface area contributed by atoms with Crippen LogP contribution in [0.25, 0.3) is 0 Å². The first-order valence-corrected chi connectivity index (χ1v) is 6.08. The lowest BCUT2D eigenvalue weighted by molar-refractivity contribution is 0.481. The van der Waals surface area contributed by atoms with Crippen LogP contribution in [0.2, 0.25) is 0 Å². The van der Waals surface area contributed by atoms with Gasteiger partial charge in [0.15, 0.2) is 0 Å². The maximum absolute atomic E-state index is 2.30. The van der Waals surface area contributed by atoms with E-state index in [1.165, 1.54) is 37.2 Å². The van der Waals surface area contributed by atoms with Crippen molar-refractivity contribution in [1.82, 2.24) is 0 Å². The molecule has 0 unspecified atom stereocenters. The van der Waals surface area contributed by atoms with E-state index in [1.54, 1.807) is 0 Å². The normalized spacial score (nSPS) is 10.9. The molecule has 0 atom stereocenters. The molecule has 1 heteroatoms. The van der Waals surface area contributed by atoms with Crippen molar-refractivity contribution in [2.24, 2.45) is 5.92 Å². The predicted octanol–water partition coefficient (Wildman–Crippen LogP) is 3.96. The van der Waals surface area contributed by atoms with Gasteiger partial charge in [-0.25, -0.2) is 0 Å². The summed E-state index contributed by atoms with van der Waals surface area (Å²) < 4.78 is 0. The fourth-order valence-corrected chi connectivity index (χ4v) is 2.19. The first kappa shape index (κ1) is 11.4. The zero-order chi connectivity index (χ0) is 8.53. The number of hydrogen-bond acceptors (Lipinski definition) is 1. The molecule has 0 aromatic rings. The molecule has 68 valence electrons. The van der Waals surface area contributed by atoms with Gasteiger partial charge < -0.3 is 0 Å². The molecule has 11 heavy (non-hydrogen) atoms. The van der Waals surface area contributed by atoms with E-state index in [2.05, 4.69) is 32.5 Å². The van der Waals surface area contributed by atoms with Crippen LogP contribution < -0.4 is 0 Å². The van der Waals surface area contributed by atoms with Crippen molar-refractivity contribution in [3.05, 3.63) is 0 Å². The summed E-state index contributed by atoms with van der Waals surface area (Å²) in [6.07, 6.45) is 5.48. The average Bonchev–Trinajstić information content (AvgIpc) is 2.05. The summed E-state index contributed by atoms with van der Waals surface area (Å²) in [4.78, 5) is 0. The molecule has 0 nitrogen and oxygen atoms in total. The van der Waals surface area contributed by atoms with Gasteiger partial charge in [-0.05, 0) is 30.3 Å². The van der Waals surface area contributed by atoms with Gasteiger partial charge in [-0.2, -0.15) is 11.8 Å². The monoisotopic (exact) mass is 174 g/mol. The first-order valence-electron chi connectivity index (χ1n) is 4.92. The Morgan fingerprint density at radius 2 is 1.64 bits per heavy atom. The molecule has 0 bridgehead atoms. The lowest BCUT2D eigenvalue weighted by Crippen LogP contribution is -1.98. The van der Waals surface area contributed by atoms with E-state index in [0.717, 1.165) is 5.92 Å². The average molecular weight is 174 g/mol. The lowest BCUT2D eigenvalue weighted by atomic mass is 10.0. The maximum atomic E-state index is 2.30. The molecule has 0 spiro atoms. The molecule has 0 aliphatic rings. The van der Waals surface area contributed by atoms with Crippen LogP contribution in [0.4, 0.5) is 0 Å². The molecular formula is C10H22S. The SMILES string of the molecule is CCCSCCC(CC)CC. The van der Waals surface area contributed by atoms with Crippen LogP contribution >= 0.6 is 11.8 Å². The highest BCUT2D eigenvalue weighted by Gasteiger charge is 2.01. The van der Waals surface area contributed by atoms with Crippen LogP contribution in [-0.2, 0) is 0 Å². The highest BCUT2D eigenvalue weighted by atomic mass is 32.2. The van der Waals surface area contributed by atoms with Crippen LogP contribution in [0.3, 0.4) is 0 Å². The Bertz CT molecular complexity index is 67.3. The van der Waals surface area contributed by atoms with Gasteiger partial charge >= 0.3 is 0 Å². The van der Waals surface area contributed by atoms with E-state index in [9.17, 15) is 0 Å². The predicted molar refractivity (Wildman–Crippen MR) is 56.3 cm³/mol. The summed E-state index contributed by atoms with van der Waals surface area (Å²) in [6.45, 7) is 6.86. The van der Waals surface area contributed by atoms with Crippen molar-refractivity contribution < 1.29 is 0 Å². The van der Waals surface area contributed by atoms with Crippen molar-refractivity contribution in [2.75, 3.05) is 11.5 Å². The minimum Gasteiger partial charge on any atom is -0.162 e. The van der Waals surface area contributed by atoms with Crippen molar-refractivity contribution >= 4 is 11.8 Å². The maximum Gasteiger partial charge on any atom is -0.00649 e. The third kappa shape index (κ3) is 6.74. The van der Waals surface area contributed by atoms with E-state index in [4.69, 9.17) is 0 Å². The summed E-state index contributed by atoms with van der Waals surface area (Å²) >= 11 is 2.11. The van der Waals surface area contributed by atoms with E-state index < -0.39 is 0 Å². The van der Waals surface area contributed by atoms with Gasteiger partial charge in [0.1, 0.15) is 0 Å². The molecule has 0 saturated carbocycles. The summed E-state index contributed by atoms with van der Waals surface area (Å²) in [5.41, 5.74) is 0. The molecule has 0 amide bonds. The molecule has 0 saturated heterocycles.